The second-order valence-corrected chi connectivity index (χ2v) is 12.5. The number of imidazole rings is 1. The largest absolute Gasteiger partial charge is 0.382 e. The molecular formula is C40H68N8O6. The molecule has 14 nitrogen and oxygen atoms in total. The summed E-state index contributed by atoms with van der Waals surface area (Å²) in [6, 6.07) is 0.123. The van der Waals surface area contributed by atoms with E-state index in [1.165, 1.54) is 5.57 Å². The Morgan fingerprint density at radius 2 is 1.63 bits per heavy atom. The monoisotopic (exact) mass is 757 g/mol. The van der Waals surface area contributed by atoms with Crippen LogP contribution in [0.5, 0.6) is 0 Å². The van der Waals surface area contributed by atoms with Crippen molar-refractivity contribution in [3.8, 4) is 0 Å². The number of fused-ring (bicyclic) bond motifs is 1. The van der Waals surface area contributed by atoms with Gasteiger partial charge in [-0.2, -0.15) is 0 Å². The molecule has 0 aliphatic rings. The minimum Gasteiger partial charge on any atom is -0.382 e. The van der Waals surface area contributed by atoms with Crippen LogP contribution in [0.25, 0.3) is 23.2 Å². The Morgan fingerprint density at radius 1 is 0.963 bits per heavy atom. The number of nitrogens with two attached hydrogens (primary N) is 2. The van der Waals surface area contributed by atoms with E-state index in [0.717, 1.165) is 91.6 Å². The Balaban J connectivity index is 0.00000102. The predicted octanol–water partition coefficient (Wildman–Crippen LogP) is 2.63. The van der Waals surface area contributed by atoms with Crippen LogP contribution < -0.4 is 38.0 Å². The number of nitrogens with zero attached hydrogens (tertiary/aromatic N) is 3. The summed E-state index contributed by atoms with van der Waals surface area (Å²) in [7, 11) is 1.77. The SMILES string of the molecule is C=C/C=c1\c(=C/C)nc(N)c2nc(CCCC)n(CCCCNC(=O)CNC)c12.C=O.CC=C(C)C(N)CCCCNC(=O)CCOCCOCCC=O. The Bertz CT molecular complexity index is 1520. The molecule has 54 heavy (non-hydrogen) atoms. The molecule has 1 atom stereocenters. The second-order valence-electron chi connectivity index (χ2n) is 12.5. The highest BCUT2D eigenvalue weighted by Crippen LogP contribution is 2.19. The number of aldehydes is 1. The molecule has 14 heteroatoms. The van der Waals surface area contributed by atoms with Crippen LogP contribution >= 0.6 is 0 Å². The van der Waals surface area contributed by atoms with Crippen molar-refractivity contribution >= 4 is 53.9 Å². The number of unbranched alkanes of at least 4 members (excludes halogenated alkanes) is 3. The number of hydrogen-bond acceptors (Lipinski definition) is 11. The Labute approximate surface area is 322 Å². The van der Waals surface area contributed by atoms with Crippen LogP contribution in [0.1, 0.15) is 91.3 Å². The molecule has 7 N–H and O–H groups in total. The first-order chi connectivity index (χ1) is 26.2. The number of pyridine rings is 1. The Morgan fingerprint density at radius 3 is 2.24 bits per heavy atom. The fourth-order valence-corrected chi connectivity index (χ4v) is 5.30. The summed E-state index contributed by atoms with van der Waals surface area (Å²) >= 11 is 0. The lowest BCUT2D eigenvalue weighted by Crippen LogP contribution is -2.33. The summed E-state index contributed by atoms with van der Waals surface area (Å²) in [5, 5.41) is 10.5. The molecule has 0 bridgehead atoms. The van der Waals surface area contributed by atoms with E-state index in [1.807, 2.05) is 45.8 Å². The highest BCUT2D eigenvalue weighted by Gasteiger charge is 2.15. The highest BCUT2D eigenvalue weighted by atomic mass is 16.5. The summed E-state index contributed by atoms with van der Waals surface area (Å²) in [5.74, 6) is 1.53. The van der Waals surface area contributed by atoms with Crippen molar-refractivity contribution in [3.63, 3.8) is 0 Å². The molecule has 2 aromatic rings. The van der Waals surface area contributed by atoms with Gasteiger partial charge in [0.2, 0.25) is 11.8 Å². The van der Waals surface area contributed by atoms with Crippen LogP contribution in [0.15, 0.2) is 24.3 Å². The van der Waals surface area contributed by atoms with E-state index in [9.17, 15) is 14.4 Å². The smallest absolute Gasteiger partial charge is 0.233 e. The Hall–Kier alpha value is -4.24. The first-order valence-electron chi connectivity index (χ1n) is 19.1. The van der Waals surface area contributed by atoms with E-state index in [1.54, 1.807) is 13.1 Å². The first-order valence-corrected chi connectivity index (χ1v) is 19.1. The van der Waals surface area contributed by atoms with E-state index in [2.05, 4.69) is 39.0 Å². The second kappa shape index (κ2) is 32.2. The van der Waals surface area contributed by atoms with E-state index in [4.69, 9.17) is 30.7 Å². The van der Waals surface area contributed by atoms with E-state index in [0.29, 0.717) is 64.7 Å². The zero-order chi connectivity index (χ0) is 40.6. The number of hydrogen-bond donors (Lipinski definition) is 5. The van der Waals surface area contributed by atoms with Gasteiger partial charge in [0, 0.05) is 50.2 Å². The van der Waals surface area contributed by atoms with Crippen molar-refractivity contribution < 1.29 is 28.7 Å². The molecule has 0 spiro atoms. The van der Waals surface area contributed by atoms with Crippen LogP contribution in [-0.4, -0.2) is 98.6 Å². The van der Waals surface area contributed by atoms with Gasteiger partial charge in [0.05, 0.1) is 43.8 Å². The van der Waals surface area contributed by atoms with Gasteiger partial charge in [-0.3, -0.25) is 9.59 Å². The van der Waals surface area contributed by atoms with Gasteiger partial charge >= 0.3 is 0 Å². The summed E-state index contributed by atoms with van der Waals surface area (Å²) < 4.78 is 12.7. The fourth-order valence-electron chi connectivity index (χ4n) is 5.30. The molecule has 0 radical (unpaired) electrons. The number of rotatable bonds is 26. The third kappa shape index (κ3) is 20.3. The molecule has 0 saturated heterocycles. The third-order valence-electron chi connectivity index (χ3n) is 8.37. The number of allylic oxidation sites excluding steroid dienone is 2. The van der Waals surface area contributed by atoms with Gasteiger partial charge in [-0.05, 0) is 66.3 Å². The Kier molecular flexibility index (Phi) is 29.7. The van der Waals surface area contributed by atoms with Gasteiger partial charge in [0.15, 0.2) is 5.82 Å². The average molecular weight is 757 g/mol. The maximum Gasteiger partial charge on any atom is 0.233 e. The van der Waals surface area contributed by atoms with Crippen molar-refractivity contribution in [3.05, 3.63) is 40.7 Å². The lowest BCUT2D eigenvalue weighted by Gasteiger charge is -2.12. The molecule has 2 amide bonds. The van der Waals surface area contributed by atoms with Crippen molar-refractivity contribution in [1.29, 1.82) is 0 Å². The predicted molar refractivity (Wildman–Crippen MR) is 219 cm³/mol. The number of nitrogens with one attached hydrogen (secondary N) is 3. The minimum atomic E-state index is 0.000747. The molecular weight excluding hydrogens is 688 g/mol. The number of amides is 2. The molecule has 0 aliphatic carbocycles. The number of carbonyl (C=O) groups is 4. The quantitative estimate of drug-likeness (QED) is 0.0536. The average Bonchev–Trinajstić information content (AvgIpc) is 3.55. The van der Waals surface area contributed by atoms with Crippen LogP contribution in [-0.2, 0) is 41.6 Å². The molecule has 0 fully saturated rings. The summed E-state index contributed by atoms with van der Waals surface area (Å²) in [4.78, 5) is 50.6. The lowest BCUT2D eigenvalue weighted by molar-refractivity contribution is -0.122. The third-order valence-corrected chi connectivity index (χ3v) is 8.37. The van der Waals surface area contributed by atoms with Crippen molar-refractivity contribution in [2.75, 3.05) is 58.8 Å². The number of carbonyl (C=O) groups excluding carboxylic acids is 4. The summed E-state index contributed by atoms with van der Waals surface area (Å²) in [5.41, 5.74) is 15.2. The molecule has 2 aromatic heterocycles. The first kappa shape index (κ1) is 49.8. The van der Waals surface area contributed by atoms with Gasteiger partial charge in [-0.15, -0.1) is 0 Å². The van der Waals surface area contributed by atoms with Crippen LogP contribution in [0.3, 0.4) is 0 Å². The van der Waals surface area contributed by atoms with Crippen molar-refractivity contribution in [2.24, 2.45) is 5.73 Å². The van der Waals surface area contributed by atoms with Gasteiger partial charge in [-0.1, -0.05) is 49.8 Å². The fraction of sp³-hybridized carbons (Fsp3) is 0.600. The molecule has 2 heterocycles. The maximum absolute atomic E-state index is 11.6. The van der Waals surface area contributed by atoms with Crippen molar-refractivity contribution in [2.45, 2.75) is 104 Å². The number of aryl methyl sites for hydroxylation is 2. The number of aromatic nitrogens is 3. The zero-order valence-corrected chi connectivity index (χ0v) is 33.6. The minimum absolute atomic E-state index is 0.000747. The molecule has 0 saturated carbocycles. The van der Waals surface area contributed by atoms with Gasteiger partial charge in [-0.25, -0.2) is 9.97 Å². The molecule has 0 aromatic carbocycles. The molecule has 2 rings (SSSR count). The van der Waals surface area contributed by atoms with Gasteiger partial charge in [0.1, 0.15) is 24.4 Å². The van der Waals surface area contributed by atoms with Crippen LogP contribution in [0.2, 0.25) is 0 Å². The number of ether oxygens (including phenoxy) is 2. The number of likely N-dealkylation sites (N-methyl/N-ethyl adjacent to an activating group) is 1. The molecule has 0 aliphatic heterocycles. The van der Waals surface area contributed by atoms with Crippen molar-refractivity contribution in [1.82, 2.24) is 30.5 Å². The normalized spacial score (nSPS) is 12.4. The number of anilines is 1. The van der Waals surface area contributed by atoms with Crippen LogP contribution in [0.4, 0.5) is 5.82 Å². The van der Waals surface area contributed by atoms with E-state index < -0.39 is 0 Å². The molecule has 1 unspecified atom stereocenters. The maximum atomic E-state index is 11.6. The standard InChI is InChI=1S/C22H34N6O.C17H32N2O4.CH2O/c1-5-8-12-18-27-20-21(16(11-6-2)17(7-3)26-22(20)23)28(18)14-10-9-13-25-19(29)15-24-4;1-3-15(2)16(18)7-4-5-9-19-17(21)8-12-23-14-13-22-11-6-10-20;1-2/h6-7,11,24H,2,5,8-10,12-15H2,1,3-4H3,(H2,23,26)(H,25,29);3,10,16H,4-9,11-14,18H2,1-2H3,(H,19,21);1H2/b16-11+,17-7+;;. The summed E-state index contributed by atoms with van der Waals surface area (Å²) in [6.45, 7) is 18.2. The van der Waals surface area contributed by atoms with E-state index in [-0.39, 0.29) is 17.9 Å². The number of nitrogen functional groups attached to an aromatic ring is 1. The van der Waals surface area contributed by atoms with Crippen LogP contribution in [0, 0.1) is 0 Å². The lowest BCUT2D eigenvalue weighted by atomic mass is 10.0. The van der Waals surface area contributed by atoms with E-state index >= 15 is 0 Å². The zero-order valence-electron chi connectivity index (χ0n) is 33.6. The molecule has 304 valence electrons. The van der Waals surface area contributed by atoms with Gasteiger partial charge in [0.25, 0.3) is 0 Å². The highest BCUT2D eigenvalue weighted by molar-refractivity contribution is 5.86. The summed E-state index contributed by atoms with van der Waals surface area (Å²) in [6.07, 6.45) is 17.1. The topological polar surface area (TPSA) is 206 Å². The van der Waals surface area contributed by atoms with Gasteiger partial charge < -0.3 is 51.0 Å².